The van der Waals surface area contributed by atoms with Crippen LogP contribution in [0.4, 0.5) is 0 Å². The zero-order chi connectivity index (χ0) is 43.1. The van der Waals surface area contributed by atoms with Gasteiger partial charge in [-0.2, -0.15) is 0 Å². The molecule has 0 amide bonds. The molecule has 306 valence electrons. The van der Waals surface area contributed by atoms with Crippen LogP contribution in [0.2, 0.25) is 0 Å². The highest BCUT2D eigenvalue weighted by atomic mass is 16.4. The highest BCUT2D eigenvalue weighted by molar-refractivity contribution is 6.19. The van der Waals surface area contributed by atoms with Crippen LogP contribution < -0.4 is 0 Å². The van der Waals surface area contributed by atoms with E-state index in [-0.39, 0.29) is 11.2 Å². The first-order valence-electron chi connectivity index (χ1n) is 21.6. The molecule has 4 aromatic heterocycles. The van der Waals surface area contributed by atoms with Gasteiger partial charge in [0, 0.05) is 22.9 Å². The van der Waals surface area contributed by atoms with Crippen molar-refractivity contribution in [1.82, 2.24) is 14.5 Å². The number of hydrogen-bond donors (Lipinski definition) is 1. The van der Waals surface area contributed by atoms with Crippen LogP contribution in [0.15, 0.2) is 197 Å². The minimum atomic E-state index is -0.269. The summed E-state index contributed by atoms with van der Waals surface area (Å²) in [5.74, 6) is 0.782. The van der Waals surface area contributed by atoms with Crippen molar-refractivity contribution in [2.45, 2.75) is 26.2 Å². The molecule has 0 radical (unpaired) electrons. The fraction of sp³-hybridized carbons (Fsp3) is 0.0690. The molecular weight excluding hydrogens is 787 g/mol. The largest absolute Gasteiger partial charge is 0.507 e. The minimum absolute atomic E-state index is 0.144. The normalized spacial score (nSPS) is 12.0. The molecule has 0 fully saturated rings. The summed E-state index contributed by atoms with van der Waals surface area (Å²) in [7, 11) is 0. The van der Waals surface area contributed by atoms with Crippen LogP contribution in [0.1, 0.15) is 26.3 Å². The van der Waals surface area contributed by atoms with Gasteiger partial charge in [0.1, 0.15) is 28.3 Å². The third-order valence-corrected chi connectivity index (χ3v) is 12.5. The Bertz CT molecular complexity index is 3650. The molecule has 8 aromatic carbocycles. The van der Waals surface area contributed by atoms with Gasteiger partial charge in [-0.15, -0.1) is 0 Å². The second-order valence-corrected chi connectivity index (χ2v) is 17.5. The number of para-hydroxylation sites is 2. The second-order valence-electron chi connectivity index (χ2n) is 17.5. The molecule has 12 aromatic rings. The molecule has 0 saturated heterocycles. The summed E-state index contributed by atoms with van der Waals surface area (Å²) >= 11 is 0. The topological polar surface area (TPSA) is 77.2 Å². The second kappa shape index (κ2) is 14.4. The molecule has 0 saturated carbocycles. The summed E-state index contributed by atoms with van der Waals surface area (Å²) in [6, 6.07) is 64.3. The van der Waals surface area contributed by atoms with Crippen LogP contribution in [0.5, 0.6) is 5.75 Å². The van der Waals surface area contributed by atoms with Gasteiger partial charge < -0.3 is 13.9 Å². The van der Waals surface area contributed by atoms with Gasteiger partial charge >= 0.3 is 0 Å². The van der Waals surface area contributed by atoms with Crippen LogP contribution in [-0.4, -0.2) is 19.6 Å². The third-order valence-electron chi connectivity index (χ3n) is 12.5. The molecule has 12 rings (SSSR count). The predicted octanol–water partition coefficient (Wildman–Crippen LogP) is 15.5. The number of imidazole rings is 1. The van der Waals surface area contributed by atoms with Crippen LogP contribution in [0, 0.1) is 0 Å². The maximum atomic E-state index is 12.1. The van der Waals surface area contributed by atoms with E-state index >= 15 is 0 Å². The first kappa shape index (κ1) is 37.5. The zero-order valence-electron chi connectivity index (χ0n) is 35.5. The van der Waals surface area contributed by atoms with Crippen molar-refractivity contribution in [3.8, 4) is 78.6 Å². The Balaban J connectivity index is 1.10. The molecule has 0 bridgehead atoms. The molecule has 1 N–H and O–H groups in total. The highest BCUT2D eigenvalue weighted by Crippen LogP contribution is 2.48. The van der Waals surface area contributed by atoms with E-state index in [1.807, 2.05) is 78.9 Å². The molecule has 64 heavy (non-hydrogen) atoms. The quantitative estimate of drug-likeness (QED) is 0.173. The van der Waals surface area contributed by atoms with Crippen molar-refractivity contribution in [3.63, 3.8) is 0 Å². The van der Waals surface area contributed by atoms with E-state index < -0.39 is 0 Å². The van der Waals surface area contributed by atoms with Crippen LogP contribution in [0.3, 0.4) is 0 Å². The number of aromatic hydroxyl groups is 1. The number of benzene rings is 8. The number of pyridine rings is 1. The summed E-state index contributed by atoms with van der Waals surface area (Å²) < 4.78 is 14.9. The fourth-order valence-corrected chi connectivity index (χ4v) is 9.52. The molecule has 6 nitrogen and oxygen atoms in total. The van der Waals surface area contributed by atoms with Gasteiger partial charge in [-0.25, -0.2) is 9.97 Å². The lowest BCUT2D eigenvalue weighted by Crippen LogP contribution is -2.14. The molecule has 4 heterocycles. The first-order chi connectivity index (χ1) is 31.3. The van der Waals surface area contributed by atoms with Gasteiger partial charge in [-0.1, -0.05) is 148 Å². The van der Waals surface area contributed by atoms with E-state index in [0.717, 1.165) is 100 Å². The molecular formula is C58H41N3O3. The number of nitrogens with zero attached hydrogens (tertiary/aromatic N) is 3. The predicted molar refractivity (Wildman–Crippen MR) is 260 cm³/mol. The lowest BCUT2D eigenvalue weighted by Gasteiger charge is -2.27. The van der Waals surface area contributed by atoms with Crippen molar-refractivity contribution in [2.24, 2.45) is 0 Å². The van der Waals surface area contributed by atoms with Crippen molar-refractivity contribution < 1.29 is 13.9 Å². The van der Waals surface area contributed by atoms with Crippen molar-refractivity contribution >= 4 is 44.3 Å². The van der Waals surface area contributed by atoms with Crippen molar-refractivity contribution in [3.05, 3.63) is 194 Å². The smallest absolute Gasteiger partial charge is 0.231 e. The average molecular weight is 828 g/mol. The lowest BCUT2D eigenvalue weighted by molar-refractivity contribution is 0.477. The molecule has 0 aliphatic heterocycles. The van der Waals surface area contributed by atoms with Crippen molar-refractivity contribution in [1.29, 1.82) is 0 Å². The van der Waals surface area contributed by atoms with E-state index in [2.05, 4.69) is 135 Å². The SMILES string of the molecule is CC(C)(C)c1cc(-c2cc3oc4cccc5oc(n2)c3c45)cc(-c2cccc3c2nc(-c2ccc(-c4ccccc4-c4ccccc4)cc2O)n3-c2ccccc2)c1-c1ccccc1. The summed E-state index contributed by atoms with van der Waals surface area (Å²) in [6.45, 7) is 6.78. The minimum Gasteiger partial charge on any atom is -0.507 e. The number of fused-ring (bicyclic) bond motifs is 1. The fourth-order valence-electron chi connectivity index (χ4n) is 9.52. The van der Waals surface area contributed by atoms with E-state index in [1.54, 1.807) is 0 Å². The van der Waals surface area contributed by atoms with Crippen LogP contribution >= 0.6 is 0 Å². The van der Waals surface area contributed by atoms with Gasteiger partial charge in [0.25, 0.3) is 0 Å². The summed E-state index contributed by atoms with van der Waals surface area (Å²) in [5.41, 5.74) is 17.1. The Morgan fingerprint density at radius 2 is 1.11 bits per heavy atom. The van der Waals surface area contributed by atoms with E-state index in [9.17, 15) is 5.11 Å². The summed E-state index contributed by atoms with van der Waals surface area (Å²) in [6.07, 6.45) is 0. The third kappa shape index (κ3) is 6.02. The monoisotopic (exact) mass is 827 g/mol. The summed E-state index contributed by atoms with van der Waals surface area (Å²) in [4.78, 5) is 10.7. The maximum absolute atomic E-state index is 12.1. The molecule has 0 aliphatic carbocycles. The lowest BCUT2D eigenvalue weighted by atomic mass is 9.77. The molecule has 6 heteroatoms. The van der Waals surface area contributed by atoms with Gasteiger partial charge in [-0.3, -0.25) is 4.57 Å². The number of phenolic OH excluding ortho intramolecular Hbond substituents is 1. The Hall–Kier alpha value is -8.22. The van der Waals surface area contributed by atoms with E-state index in [0.29, 0.717) is 17.1 Å². The van der Waals surface area contributed by atoms with E-state index in [4.69, 9.17) is 18.8 Å². The molecule has 0 aliphatic rings. The molecule has 0 unspecified atom stereocenters. The number of hydrogen-bond acceptors (Lipinski definition) is 5. The number of phenols is 1. The Morgan fingerprint density at radius 3 is 1.83 bits per heavy atom. The number of furan rings is 2. The average Bonchev–Trinajstić information content (AvgIpc) is 4.04. The number of aromatic nitrogens is 3. The maximum Gasteiger partial charge on any atom is 0.231 e. The standard InChI is InChI=1S/C58H41N3O3/c1-58(2,3)45-32-38(46-34-51-54-53-49(63-51)27-16-28-50(53)64-57(54)59-46)31-44(52(45)36-19-9-5-10-20-36)42-25-15-26-47-55(42)60-56(61(47)39-21-11-6-12-22-39)43-30-29-37(33-48(43)62)41-24-14-13-23-40(41)35-17-7-4-8-18-35/h4-34,62H,1-3H3. The Kier molecular flexibility index (Phi) is 8.46. The van der Waals surface area contributed by atoms with Gasteiger partial charge in [0.2, 0.25) is 5.71 Å². The van der Waals surface area contributed by atoms with Gasteiger partial charge in [0.05, 0.1) is 33.1 Å². The van der Waals surface area contributed by atoms with Crippen molar-refractivity contribution in [2.75, 3.05) is 0 Å². The van der Waals surface area contributed by atoms with Crippen LogP contribution in [0.25, 0.3) is 117 Å². The Morgan fingerprint density at radius 1 is 0.469 bits per heavy atom. The van der Waals surface area contributed by atoms with Gasteiger partial charge in [0.15, 0.2) is 0 Å². The zero-order valence-corrected chi connectivity index (χ0v) is 35.5. The number of rotatable bonds is 7. The van der Waals surface area contributed by atoms with Crippen LogP contribution in [-0.2, 0) is 5.41 Å². The Labute approximate surface area is 369 Å². The highest BCUT2D eigenvalue weighted by Gasteiger charge is 2.28. The molecule has 0 atom stereocenters. The van der Waals surface area contributed by atoms with Gasteiger partial charge in [-0.05, 0) is 105 Å². The molecule has 0 spiro atoms. The first-order valence-corrected chi connectivity index (χ1v) is 21.6. The van der Waals surface area contributed by atoms with E-state index in [1.165, 1.54) is 5.56 Å². The summed E-state index contributed by atoms with van der Waals surface area (Å²) in [5, 5.41) is 14.0.